The highest BCUT2D eigenvalue weighted by molar-refractivity contribution is 5.80. The van der Waals surface area contributed by atoms with E-state index in [0.29, 0.717) is 12.6 Å². The van der Waals surface area contributed by atoms with Crippen molar-refractivity contribution in [3.63, 3.8) is 0 Å². The summed E-state index contributed by atoms with van der Waals surface area (Å²) in [6, 6.07) is 24.7. The Kier molecular flexibility index (Phi) is 11.8. The fourth-order valence-electron chi connectivity index (χ4n) is 6.57. The minimum absolute atomic E-state index is 0.00427. The number of carbonyl (C=O) groups is 2. The van der Waals surface area contributed by atoms with E-state index < -0.39 is 12.3 Å². The summed E-state index contributed by atoms with van der Waals surface area (Å²) in [7, 11) is 0. The maximum Gasteiger partial charge on any atom is 0.303 e. The minimum Gasteiger partial charge on any atom is -0.481 e. The summed E-state index contributed by atoms with van der Waals surface area (Å²) in [6.45, 7) is 8.21. The molecule has 8 nitrogen and oxygen atoms in total. The van der Waals surface area contributed by atoms with Gasteiger partial charge in [-0.15, -0.1) is 6.58 Å². The van der Waals surface area contributed by atoms with Gasteiger partial charge in [-0.05, 0) is 46.7 Å². The van der Waals surface area contributed by atoms with Crippen LogP contribution in [0.4, 0.5) is 0 Å². The molecule has 0 aromatic heterocycles. The van der Waals surface area contributed by atoms with E-state index >= 15 is 0 Å². The van der Waals surface area contributed by atoms with Gasteiger partial charge in [-0.2, -0.15) is 0 Å². The first-order valence-corrected chi connectivity index (χ1v) is 16.4. The molecular weight excluding hydrogens is 580 g/mol. The molecule has 8 heteroatoms. The largest absolute Gasteiger partial charge is 0.481 e. The van der Waals surface area contributed by atoms with Crippen LogP contribution in [-0.2, 0) is 32.2 Å². The number of aliphatic hydroxyl groups is 1. The Morgan fingerprint density at radius 2 is 1.65 bits per heavy atom. The number of ether oxygens (including phenoxy) is 2. The molecule has 2 fully saturated rings. The lowest BCUT2D eigenvalue weighted by Gasteiger charge is -2.43. The highest BCUT2D eigenvalue weighted by atomic mass is 16.7. The molecule has 5 rings (SSSR count). The molecule has 244 valence electrons. The summed E-state index contributed by atoms with van der Waals surface area (Å²) in [5.74, 6) is -1.16. The predicted octanol–water partition coefficient (Wildman–Crippen LogP) is 6.55. The number of carboxylic acid groups (broad SMARTS) is 1. The van der Waals surface area contributed by atoms with Crippen LogP contribution in [0.15, 0.2) is 85.5 Å². The molecule has 46 heavy (non-hydrogen) atoms. The highest BCUT2D eigenvalue weighted by Gasteiger charge is 2.40. The van der Waals surface area contributed by atoms with Crippen LogP contribution < -0.4 is 5.32 Å². The minimum atomic E-state index is -0.986. The number of rotatable bonds is 14. The average molecular weight is 627 g/mol. The van der Waals surface area contributed by atoms with Gasteiger partial charge in [0, 0.05) is 43.6 Å². The molecule has 2 aliphatic rings. The van der Waals surface area contributed by atoms with Crippen molar-refractivity contribution < 1.29 is 29.3 Å². The van der Waals surface area contributed by atoms with Crippen LogP contribution >= 0.6 is 0 Å². The molecule has 1 saturated heterocycles. The van der Waals surface area contributed by atoms with Crippen molar-refractivity contribution >= 4 is 11.9 Å². The topological polar surface area (TPSA) is 108 Å². The Balaban J connectivity index is 1.33. The van der Waals surface area contributed by atoms with Crippen LogP contribution in [-0.4, -0.2) is 52.2 Å². The lowest BCUT2D eigenvalue weighted by molar-refractivity contribution is -0.276. The first-order chi connectivity index (χ1) is 22.3. The second-order valence-electron chi connectivity index (χ2n) is 12.5. The van der Waals surface area contributed by atoms with Crippen molar-refractivity contribution in [1.29, 1.82) is 0 Å². The summed E-state index contributed by atoms with van der Waals surface area (Å²) in [5, 5.41) is 21.2. The number of amides is 1. The van der Waals surface area contributed by atoms with Crippen molar-refractivity contribution in [2.24, 2.45) is 5.92 Å². The zero-order chi connectivity index (χ0) is 32.5. The zero-order valence-corrected chi connectivity index (χ0v) is 26.6. The number of hydrogen-bond acceptors (Lipinski definition) is 6. The molecule has 1 amide bonds. The van der Waals surface area contributed by atoms with Gasteiger partial charge in [0.1, 0.15) is 0 Å². The van der Waals surface area contributed by atoms with Crippen LogP contribution in [0.5, 0.6) is 0 Å². The normalized spacial score (nSPS) is 21.7. The molecule has 1 saturated carbocycles. The predicted molar refractivity (Wildman–Crippen MR) is 178 cm³/mol. The van der Waals surface area contributed by atoms with E-state index in [1.54, 1.807) is 0 Å². The van der Waals surface area contributed by atoms with Gasteiger partial charge in [0.15, 0.2) is 6.29 Å². The molecule has 0 bridgehead atoms. The first kappa shape index (κ1) is 33.5. The Bertz CT molecular complexity index is 1450. The quantitative estimate of drug-likeness (QED) is 0.174. The van der Waals surface area contributed by atoms with Crippen molar-refractivity contribution in [2.45, 2.75) is 83.1 Å². The Hall–Kier alpha value is -3.82. The Morgan fingerprint density at radius 3 is 2.33 bits per heavy atom. The summed E-state index contributed by atoms with van der Waals surface area (Å²) >= 11 is 0. The Morgan fingerprint density at radius 1 is 0.935 bits per heavy atom. The third kappa shape index (κ3) is 8.70. The van der Waals surface area contributed by atoms with E-state index in [-0.39, 0.29) is 43.5 Å². The first-order valence-electron chi connectivity index (χ1n) is 16.4. The number of aliphatic carboxylic acids is 1. The van der Waals surface area contributed by atoms with Gasteiger partial charge in [-0.1, -0.05) is 92.6 Å². The van der Waals surface area contributed by atoms with E-state index in [4.69, 9.17) is 14.6 Å². The molecule has 3 aromatic rings. The SMILES string of the molecule is C=CCN(C[C@H]1O[C@@H](c2ccc(-c3cccc(CNC(=O)CCC(=O)O)c3)cc2)O[C@@H](c2ccc(CO)cc2)[C@H]1C)C1CCCC1. The molecule has 3 aromatic carbocycles. The molecule has 1 aliphatic heterocycles. The number of benzene rings is 3. The standard InChI is InChI=1S/C38H46N2O6/c1-3-21-40(33-9-4-5-10-33)24-34-26(2)37(30-13-11-27(25-41)12-14-30)46-38(45-34)31-17-15-29(16-18-31)32-8-6-7-28(22-32)23-39-35(42)19-20-36(43)44/h3,6-8,11-18,22,26,33-34,37-38,41H,1,4-5,9-10,19-21,23-25H2,2H3,(H,39,42)(H,43,44)/t26-,34+,37+,38+/m0/s1. The van der Waals surface area contributed by atoms with Crippen molar-refractivity contribution in [1.82, 2.24) is 10.2 Å². The molecule has 0 spiro atoms. The maximum absolute atomic E-state index is 12.0. The lowest BCUT2D eigenvalue weighted by atomic mass is 9.89. The van der Waals surface area contributed by atoms with Gasteiger partial charge < -0.3 is 25.0 Å². The summed E-state index contributed by atoms with van der Waals surface area (Å²) in [6.07, 6.45) is 5.95. The summed E-state index contributed by atoms with van der Waals surface area (Å²) in [4.78, 5) is 25.3. The van der Waals surface area contributed by atoms with Gasteiger partial charge in [-0.3, -0.25) is 14.5 Å². The molecule has 1 aliphatic carbocycles. The van der Waals surface area contributed by atoms with Crippen LogP contribution in [0.3, 0.4) is 0 Å². The zero-order valence-electron chi connectivity index (χ0n) is 26.6. The molecular formula is C38H46N2O6. The van der Waals surface area contributed by atoms with E-state index in [9.17, 15) is 14.7 Å². The van der Waals surface area contributed by atoms with E-state index in [0.717, 1.165) is 46.5 Å². The van der Waals surface area contributed by atoms with Crippen LogP contribution in [0, 0.1) is 5.92 Å². The smallest absolute Gasteiger partial charge is 0.303 e. The van der Waals surface area contributed by atoms with Gasteiger partial charge in [0.2, 0.25) is 5.91 Å². The number of nitrogens with zero attached hydrogens (tertiary/aromatic N) is 1. The lowest BCUT2D eigenvalue weighted by Crippen LogP contribution is -2.47. The third-order valence-corrected chi connectivity index (χ3v) is 9.24. The van der Waals surface area contributed by atoms with E-state index in [2.05, 4.69) is 60.1 Å². The molecule has 4 atom stereocenters. The van der Waals surface area contributed by atoms with Gasteiger partial charge in [0.25, 0.3) is 0 Å². The van der Waals surface area contributed by atoms with Crippen LogP contribution in [0.1, 0.15) is 80.1 Å². The summed E-state index contributed by atoms with van der Waals surface area (Å²) < 4.78 is 13.5. The van der Waals surface area contributed by atoms with E-state index in [1.807, 2.05) is 42.5 Å². The summed E-state index contributed by atoms with van der Waals surface area (Å²) in [5.41, 5.74) is 5.85. The number of carboxylic acids is 1. The molecule has 0 unspecified atom stereocenters. The van der Waals surface area contributed by atoms with Crippen molar-refractivity contribution in [2.75, 3.05) is 13.1 Å². The van der Waals surface area contributed by atoms with Crippen molar-refractivity contribution in [3.8, 4) is 11.1 Å². The number of hydrogen-bond donors (Lipinski definition) is 3. The average Bonchev–Trinajstić information content (AvgIpc) is 3.62. The molecule has 3 N–H and O–H groups in total. The molecule has 1 heterocycles. The highest BCUT2D eigenvalue weighted by Crippen LogP contribution is 2.42. The fraction of sp³-hybridized carbons (Fsp3) is 0.421. The second kappa shape index (κ2) is 16.1. The van der Waals surface area contributed by atoms with Crippen LogP contribution in [0.25, 0.3) is 11.1 Å². The Labute approximate surface area is 272 Å². The van der Waals surface area contributed by atoms with Gasteiger partial charge >= 0.3 is 5.97 Å². The third-order valence-electron chi connectivity index (χ3n) is 9.24. The van der Waals surface area contributed by atoms with Gasteiger partial charge in [-0.25, -0.2) is 0 Å². The van der Waals surface area contributed by atoms with E-state index in [1.165, 1.54) is 25.7 Å². The number of aliphatic hydroxyl groups excluding tert-OH is 1. The monoisotopic (exact) mass is 626 g/mol. The van der Waals surface area contributed by atoms with Crippen LogP contribution in [0.2, 0.25) is 0 Å². The number of nitrogens with one attached hydrogen (secondary N) is 1. The molecule has 0 radical (unpaired) electrons. The second-order valence-corrected chi connectivity index (χ2v) is 12.5. The number of carbonyl (C=O) groups excluding carboxylic acids is 1. The maximum atomic E-state index is 12.0. The van der Waals surface area contributed by atoms with Gasteiger partial charge in [0.05, 0.1) is 25.2 Å². The fourth-order valence-corrected chi connectivity index (χ4v) is 6.57. The van der Waals surface area contributed by atoms with Crippen molar-refractivity contribution in [3.05, 3.63) is 108 Å².